The van der Waals surface area contributed by atoms with Crippen LogP contribution in [0.5, 0.6) is 11.5 Å². The summed E-state index contributed by atoms with van der Waals surface area (Å²) in [6, 6.07) is 3.14. The molecule has 1 aromatic carbocycles. The number of ether oxygens (including phenoxy) is 1. The van der Waals surface area contributed by atoms with Crippen LogP contribution in [0.4, 0.5) is 5.69 Å². The lowest BCUT2D eigenvalue weighted by Crippen LogP contribution is -2.43. The van der Waals surface area contributed by atoms with Crippen molar-refractivity contribution < 1.29 is 14.8 Å². The molecule has 1 fully saturated rings. The maximum atomic E-state index is 11.0. The lowest BCUT2D eigenvalue weighted by molar-refractivity contribution is -0.386. The zero-order chi connectivity index (χ0) is 15.9. The van der Waals surface area contributed by atoms with E-state index < -0.39 is 10.7 Å². The summed E-state index contributed by atoms with van der Waals surface area (Å²) in [5, 5.41) is 24.2. The van der Waals surface area contributed by atoms with Gasteiger partial charge in [-0.05, 0) is 37.9 Å². The van der Waals surface area contributed by atoms with Gasteiger partial charge in [0.05, 0.1) is 11.5 Å². The summed E-state index contributed by atoms with van der Waals surface area (Å²) >= 11 is 0. The first kappa shape index (κ1) is 16.5. The van der Waals surface area contributed by atoms with Crippen LogP contribution in [0.25, 0.3) is 0 Å². The van der Waals surface area contributed by atoms with Gasteiger partial charge in [0.15, 0.2) is 5.75 Å². The van der Waals surface area contributed by atoms with Crippen LogP contribution in [0.15, 0.2) is 12.1 Å². The smallest absolute Gasteiger partial charge is 0.314 e. The average molecular weight is 309 g/mol. The third-order valence-corrected chi connectivity index (χ3v) is 3.76. The molecular weight excluding hydrogens is 286 g/mol. The fourth-order valence-electron chi connectivity index (χ4n) is 2.64. The van der Waals surface area contributed by atoms with E-state index in [-0.39, 0.29) is 11.4 Å². The number of benzene rings is 1. The average Bonchev–Trinajstić information content (AvgIpc) is 2.51. The fraction of sp³-hybridized carbons (Fsp3) is 0.600. The van der Waals surface area contributed by atoms with E-state index in [1.165, 1.54) is 6.07 Å². The molecule has 0 aliphatic carbocycles. The molecule has 122 valence electrons. The number of nitrogens with zero attached hydrogens (tertiary/aromatic N) is 2. The van der Waals surface area contributed by atoms with Crippen molar-refractivity contribution in [1.82, 2.24) is 10.2 Å². The van der Waals surface area contributed by atoms with Gasteiger partial charge in [-0.15, -0.1) is 0 Å². The van der Waals surface area contributed by atoms with E-state index >= 15 is 0 Å². The summed E-state index contributed by atoms with van der Waals surface area (Å²) in [7, 11) is 0. The third-order valence-electron chi connectivity index (χ3n) is 3.76. The van der Waals surface area contributed by atoms with Crippen molar-refractivity contribution >= 4 is 5.69 Å². The molecule has 0 unspecified atom stereocenters. The van der Waals surface area contributed by atoms with Crippen LogP contribution in [0, 0.1) is 10.1 Å². The van der Waals surface area contributed by atoms with Crippen molar-refractivity contribution in [2.24, 2.45) is 0 Å². The largest absolute Gasteiger partial charge is 0.500 e. The van der Waals surface area contributed by atoms with Gasteiger partial charge < -0.3 is 20.1 Å². The van der Waals surface area contributed by atoms with Crippen molar-refractivity contribution in [3.8, 4) is 11.5 Å². The Kier molecular flexibility index (Phi) is 5.97. The number of aryl methyl sites for hydroxylation is 1. The minimum Gasteiger partial charge on any atom is -0.500 e. The number of phenolic OH excluding ortho intramolecular Hbond substituents is 1. The van der Waals surface area contributed by atoms with Crippen molar-refractivity contribution in [1.29, 1.82) is 0 Å². The molecule has 1 saturated heterocycles. The molecule has 1 aromatic rings. The highest BCUT2D eigenvalue weighted by Gasteiger charge is 2.20. The molecule has 7 heteroatoms. The SMILES string of the molecule is CCOc1cc(CCCN2CCNCC2)cc([N+](=O)[O-])c1O. The number of nitro benzene ring substituents is 1. The molecule has 22 heavy (non-hydrogen) atoms. The second-order valence-electron chi connectivity index (χ2n) is 5.35. The van der Waals surface area contributed by atoms with Crippen molar-refractivity contribution in [2.45, 2.75) is 19.8 Å². The van der Waals surface area contributed by atoms with Gasteiger partial charge in [-0.1, -0.05) is 0 Å². The minimum absolute atomic E-state index is 0.189. The Labute approximate surface area is 130 Å². The Morgan fingerprint density at radius 1 is 1.41 bits per heavy atom. The van der Waals surface area contributed by atoms with Crippen LogP contribution in [0.1, 0.15) is 18.9 Å². The zero-order valence-electron chi connectivity index (χ0n) is 12.9. The van der Waals surface area contributed by atoms with Crippen molar-refractivity contribution in [2.75, 3.05) is 39.3 Å². The Morgan fingerprint density at radius 3 is 2.77 bits per heavy atom. The summed E-state index contributed by atoms with van der Waals surface area (Å²) < 4.78 is 5.29. The van der Waals surface area contributed by atoms with Gasteiger partial charge in [0, 0.05) is 32.2 Å². The predicted octanol–water partition coefficient (Wildman–Crippen LogP) is 1.54. The minimum atomic E-state index is -0.572. The topological polar surface area (TPSA) is 87.9 Å². The Hall–Kier alpha value is -1.86. The first-order valence-electron chi connectivity index (χ1n) is 7.68. The number of nitrogens with one attached hydrogen (secondary N) is 1. The number of aromatic hydroxyl groups is 1. The summed E-state index contributed by atoms with van der Waals surface area (Å²) in [4.78, 5) is 12.8. The highest BCUT2D eigenvalue weighted by atomic mass is 16.6. The fourth-order valence-corrected chi connectivity index (χ4v) is 2.64. The Morgan fingerprint density at radius 2 is 2.14 bits per heavy atom. The van der Waals surface area contributed by atoms with Gasteiger partial charge in [0.2, 0.25) is 5.75 Å². The van der Waals surface area contributed by atoms with E-state index in [1.54, 1.807) is 13.0 Å². The molecule has 0 radical (unpaired) electrons. The molecule has 7 nitrogen and oxygen atoms in total. The molecule has 0 saturated carbocycles. The highest BCUT2D eigenvalue weighted by molar-refractivity contribution is 5.57. The predicted molar refractivity (Wildman–Crippen MR) is 83.6 cm³/mol. The first-order valence-corrected chi connectivity index (χ1v) is 7.68. The van der Waals surface area contributed by atoms with Gasteiger partial charge in [-0.2, -0.15) is 0 Å². The summed E-state index contributed by atoms with van der Waals surface area (Å²) in [5.41, 5.74) is 0.534. The number of hydrogen-bond acceptors (Lipinski definition) is 6. The van der Waals surface area contributed by atoms with Gasteiger partial charge in [0.25, 0.3) is 0 Å². The standard InChI is InChI=1S/C15H23N3O4/c1-2-22-14-11-12(10-13(15(14)19)18(20)21)4-3-7-17-8-5-16-6-9-17/h10-11,16,19H,2-9H2,1H3. The molecular formula is C15H23N3O4. The van der Waals surface area contributed by atoms with Gasteiger partial charge in [0.1, 0.15) is 0 Å². The molecule has 1 heterocycles. The maximum Gasteiger partial charge on any atom is 0.314 e. The summed E-state index contributed by atoms with van der Waals surface area (Å²) in [5.74, 6) is -0.202. The molecule has 0 aromatic heterocycles. The molecule has 1 aliphatic heterocycles. The number of rotatable bonds is 7. The number of piperazine rings is 1. The van der Waals surface area contributed by atoms with Gasteiger partial charge in [-0.25, -0.2) is 0 Å². The zero-order valence-corrected chi connectivity index (χ0v) is 12.9. The maximum absolute atomic E-state index is 11.0. The van der Waals surface area contributed by atoms with Gasteiger partial charge in [-0.3, -0.25) is 10.1 Å². The van der Waals surface area contributed by atoms with Crippen LogP contribution >= 0.6 is 0 Å². The van der Waals surface area contributed by atoms with Crippen LogP contribution in [0.2, 0.25) is 0 Å². The molecule has 0 amide bonds. The van der Waals surface area contributed by atoms with Crippen LogP contribution in [0.3, 0.4) is 0 Å². The van der Waals surface area contributed by atoms with Crippen LogP contribution in [-0.2, 0) is 6.42 Å². The Balaban J connectivity index is 2.01. The van der Waals surface area contributed by atoms with E-state index in [4.69, 9.17) is 4.74 Å². The Bertz CT molecular complexity index is 516. The summed E-state index contributed by atoms with van der Waals surface area (Å²) in [6.07, 6.45) is 1.65. The molecule has 2 rings (SSSR count). The van der Waals surface area contributed by atoms with E-state index in [0.29, 0.717) is 6.61 Å². The first-order chi connectivity index (χ1) is 10.6. The molecule has 2 N–H and O–H groups in total. The van der Waals surface area contributed by atoms with Crippen molar-refractivity contribution in [3.05, 3.63) is 27.8 Å². The van der Waals surface area contributed by atoms with Crippen molar-refractivity contribution in [3.63, 3.8) is 0 Å². The molecule has 0 atom stereocenters. The van der Waals surface area contributed by atoms with Gasteiger partial charge >= 0.3 is 5.69 Å². The normalized spacial score (nSPS) is 15.7. The number of nitro groups is 1. The van der Waals surface area contributed by atoms with E-state index in [0.717, 1.165) is 51.1 Å². The summed E-state index contributed by atoms with van der Waals surface area (Å²) in [6.45, 7) is 7.22. The number of hydrogen-bond donors (Lipinski definition) is 2. The lowest BCUT2D eigenvalue weighted by atomic mass is 10.1. The molecule has 0 spiro atoms. The third kappa shape index (κ3) is 4.32. The lowest BCUT2D eigenvalue weighted by Gasteiger charge is -2.27. The second kappa shape index (κ2) is 7.95. The second-order valence-corrected chi connectivity index (χ2v) is 5.35. The number of phenols is 1. The molecule has 1 aliphatic rings. The van der Waals surface area contributed by atoms with E-state index in [9.17, 15) is 15.2 Å². The van der Waals surface area contributed by atoms with E-state index in [1.807, 2.05) is 0 Å². The van der Waals surface area contributed by atoms with Crippen LogP contribution < -0.4 is 10.1 Å². The quantitative estimate of drug-likeness (QED) is 0.587. The monoisotopic (exact) mass is 309 g/mol. The highest BCUT2D eigenvalue weighted by Crippen LogP contribution is 2.37. The van der Waals surface area contributed by atoms with Crippen LogP contribution in [-0.4, -0.2) is 54.3 Å². The van der Waals surface area contributed by atoms with E-state index in [2.05, 4.69) is 10.2 Å². The molecule has 0 bridgehead atoms.